The summed E-state index contributed by atoms with van der Waals surface area (Å²) in [5.41, 5.74) is 0. The topological polar surface area (TPSA) is 0 Å². The molecule has 0 atom stereocenters. The SMILES string of the molecule is CC(C)(C)[Si](C)(C)C12C3([Si](C)(C)C(C)(C)C)C4([Si](C)(C)C(C)(C)C)C1([Si](C)(C)C(C)(C)C)C1([Si](C)(C)C(C)(C)C)C2([Si](C)(C)C(C)(C)C)C3([Si](C)(C)C(C)(C)C)C41[Si](C)(C)C(C)(C)C. The second-order valence-electron chi connectivity index (χ2n) is 37.0. The molecule has 0 N–H and O–H groups in total. The van der Waals surface area contributed by atoms with Crippen molar-refractivity contribution in [1.82, 2.24) is 0 Å². The monoisotopic (exact) mass is 1020 g/mol. The predicted molar refractivity (Wildman–Crippen MR) is 319 cm³/mol. The Morgan fingerprint density at radius 2 is 0.188 bits per heavy atom. The molecular weight excluding hydrogens is 897 g/mol. The Kier molecular flexibility index (Phi) is 11.0. The van der Waals surface area contributed by atoms with Crippen molar-refractivity contribution >= 4 is 64.6 Å². The van der Waals surface area contributed by atoms with E-state index >= 15 is 0 Å². The first-order chi connectivity index (χ1) is 27.0. The van der Waals surface area contributed by atoms with Crippen molar-refractivity contribution in [2.45, 2.75) is 352 Å². The molecule has 6 saturated carbocycles. The molecule has 0 aromatic heterocycles. The lowest BCUT2D eigenvalue weighted by Gasteiger charge is -3.42. The molecule has 0 radical (unpaired) electrons. The first kappa shape index (κ1) is 56.6. The highest BCUT2D eigenvalue weighted by Crippen LogP contribution is 3.57. The fraction of sp³-hybridized carbons (Fsp3) is 1.00. The van der Waals surface area contributed by atoms with Crippen LogP contribution in [0.1, 0.15) is 166 Å². The van der Waals surface area contributed by atoms with E-state index < -0.39 is 64.6 Å². The van der Waals surface area contributed by atoms with Crippen LogP contribution in [0.3, 0.4) is 0 Å². The molecule has 0 bridgehead atoms. The Hall–Kier alpha value is 1.74. The van der Waals surface area contributed by atoms with Crippen LogP contribution in [0.5, 0.6) is 0 Å². The fourth-order valence-corrected chi connectivity index (χ4v) is 88.1. The predicted octanol–water partition coefficient (Wildman–Crippen LogP) is 22.0. The highest BCUT2D eigenvalue weighted by atomic mass is 28.4. The van der Waals surface area contributed by atoms with Crippen molar-refractivity contribution < 1.29 is 0 Å². The summed E-state index contributed by atoms with van der Waals surface area (Å²) in [6, 6.07) is 0. The quantitative estimate of drug-likeness (QED) is 0.213. The van der Waals surface area contributed by atoms with Crippen molar-refractivity contribution in [2.75, 3.05) is 0 Å². The summed E-state index contributed by atoms with van der Waals surface area (Å²) in [4.78, 5) is 0. The van der Waals surface area contributed by atoms with Gasteiger partial charge in [0.15, 0.2) is 0 Å². The lowest BCUT2D eigenvalue weighted by atomic mass is 8.96. The zero-order chi connectivity index (χ0) is 52.0. The van der Waals surface area contributed by atoms with Gasteiger partial charge in [0.25, 0.3) is 0 Å². The standard InChI is InChI=1S/C56H120Si8/c1-41(2,3)57(25,26)49-50(58(27,28)42(4,5)6)53(61(33,34)45(13,14)15)51(49,59(29,30)43(7,8)9)55(63(37,38)47(19,20)21)52(49,60(31,32)44(10,11)12)54(50,62(35,36)46(16,17)18)56(53,55)64(39,40)48(22,23)24/h1-40H3. The van der Waals surface area contributed by atoms with Gasteiger partial charge in [-0.05, 0) is 80.6 Å². The van der Waals surface area contributed by atoms with Gasteiger partial charge in [0.2, 0.25) is 0 Å². The van der Waals surface area contributed by atoms with Gasteiger partial charge in [-0.15, -0.1) is 0 Å². The van der Waals surface area contributed by atoms with E-state index in [1.54, 1.807) is 0 Å². The van der Waals surface area contributed by atoms with E-state index in [1.807, 2.05) is 0 Å². The van der Waals surface area contributed by atoms with E-state index in [2.05, 4.69) is 271 Å². The zero-order valence-electron chi connectivity index (χ0n) is 52.0. The van der Waals surface area contributed by atoms with E-state index in [-0.39, 0.29) is 40.3 Å². The highest BCUT2D eigenvalue weighted by Gasteiger charge is 3.42. The van der Waals surface area contributed by atoms with Crippen LogP contribution in [-0.4, -0.2) is 64.6 Å². The number of hydrogen-bond donors (Lipinski definition) is 0. The zero-order valence-corrected chi connectivity index (χ0v) is 60.0. The summed E-state index contributed by atoms with van der Waals surface area (Å²) in [5, 5.41) is 5.28. The van der Waals surface area contributed by atoms with Crippen molar-refractivity contribution in [3.63, 3.8) is 0 Å². The molecule has 6 aliphatic carbocycles. The Labute approximate surface area is 413 Å². The number of hydrogen-bond acceptors (Lipinski definition) is 0. The van der Waals surface area contributed by atoms with Gasteiger partial charge >= 0.3 is 0 Å². The third kappa shape index (κ3) is 3.90. The Morgan fingerprint density at radius 3 is 0.219 bits per heavy atom. The first-order valence-corrected chi connectivity index (χ1v) is 51.0. The van der Waals surface area contributed by atoms with Crippen LogP contribution in [0.15, 0.2) is 0 Å². The van der Waals surface area contributed by atoms with Gasteiger partial charge in [-0.1, -0.05) is 271 Å². The normalized spacial score (nSPS) is 37.9. The van der Waals surface area contributed by atoms with Gasteiger partial charge in [0.05, 0.1) is 64.6 Å². The minimum absolute atomic E-state index is 0.273. The van der Waals surface area contributed by atoms with Crippen LogP contribution in [0.25, 0.3) is 0 Å². The van der Waals surface area contributed by atoms with Gasteiger partial charge < -0.3 is 0 Å². The summed E-state index contributed by atoms with van der Waals surface area (Å²) >= 11 is 0. The van der Waals surface area contributed by atoms with E-state index in [4.69, 9.17) is 0 Å². The second-order valence-corrected chi connectivity index (χ2v) is 81.0. The summed E-state index contributed by atoms with van der Waals surface area (Å²) in [5.74, 6) is 0. The molecule has 0 aromatic rings. The molecule has 6 aliphatic rings. The minimum atomic E-state index is -2.32. The van der Waals surface area contributed by atoms with Crippen LogP contribution >= 0.6 is 0 Å². The van der Waals surface area contributed by atoms with Gasteiger partial charge in [0, 0.05) is 0 Å². The molecule has 0 aliphatic heterocycles. The van der Waals surface area contributed by atoms with Crippen LogP contribution < -0.4 is 0 Å². The Balaban J connectivity index is 2.63. The first-order valence-electron chi connectivity index (χ1n) is 27.0. The average Bonchev–Trinajstić information content (AvgIpc) is 2.97. The second kappa shape index (κ2) is 12.4. The molecule has 6 rings (SSSR count). The molecular formula is C56H120Si8. The van der Waals surface area contributed by atoms with Crippen molar-refractivity contribution in [3.05, 3.63) is 0 Å². The maximum absolute atomic E-state index is 3.16. The summed E-state index contributed by atoms with van der Waals surface area (Å²) < 4.78 is 0. The van der Waals surface area contributed by atoms with E-state index in [0.29, 0.717) is 40.3 Å². The smallest absolute Gasteiger partial charge is 0.0599 e. The summed E-state index contributed by atoms with van der Waals surface area (Å²) in [6.45, 7) is 119. The van der Waals surface area contributed by atoms with Gasteiger partial charge in [-0.3, -0.25) is 0 Å². The van der Waals surface area contributed by atoms with E-state index in [0.717, 1.165) is 0 Å². The average molecular weight is 1020 g/mol. The van der Waals surface area contributed by atoms with Gasteiger partial charge in [-0.25, -0.2) is 0 Å². The fourth-order valence-electron chi connectivity index (χ4n) is 22.1. The lowest BCUT2D eigenvalue weighted by molar-refractivity contribution is -0.498. The minimum Gasteiger partial charge on any atom is -0.0685 e. The van der Waals surface area contributed by atoms with Crippen LogP contribution in [0.2, 0.25) is 185 Å². The van der Waals surface area contributed by atoms with E-state index in [1.165, 1.54) is 0 Å². The maximum Gasteiger partial charge on any atom is 0.0599 e. The molecule has 0 unspecified atom stereocenters. The van der Waals surface area contributed by atoms with Crippen LogP contribution in [-0.2, 0) is 0 Å². The molecule has 0 aromatic carbocycles. The van der Waals surface area contributed by atoms with Crippen LogP contribution in [0, 0.1) is 0 Å². The highest BCUT2D eigenvalue weighted by molar-refractivity contribution is 7.18. The molecule has 64 heavy (non-hydrogen) atoms. The molecule has 0 amide bonds. The maximum atomic E-state index is 3.16. The van der Waals surface area contributed by atoms with Crippen molar-refractivity contribution in [3.8, 4) is 0 Å². The van der Waals surface area contributed by atoms with Crippen molar-refractivity contribution in [1.29, 1.82) is 0 Å². The third-order valence-electron chi connectivity index (χ3n) is 29.2. The molecule has 0 spiro atoms. The van der Waals surface area contributed by atoms with Gasteiger partial charge in [-0.2, -0.15) is 0 Å². The number of rotatable bonds is 8. The third-order valence-corrected chi connectivity index (χ3v) is 86.2. The van der Waals surface area contributed by atoms with Gasteiger partial charge in [0.1, 0.15) is 0 Å². The molecule has 0 heterocycles. The molecule has 0 nitrogen and oxygen atoms in total. The van der Waals surface area contributed by atoms with Crippen LogP contribution in [0.4, 0.5) is 0 Å². The summed E-state index contributed by atoms with van der Waals surface area (Å²) in [6.07, 6.45) is 0. The molecule has 0 saturated heterocycles. The van der Waals surface area contributed by atoms with E-state index in [9.17, 15) is 0 Å². The van der Waals surface area contributed by atoms with Crippen molar-refractivity contribution in [2.24, 2.45) is 0 Å². The molecule has 376 valence electrons. The Bertz CT molecular complexity index is 1480. The largest absolute Gasteiger partial charge is 0.0685 e. The summed E-state index contributed by atoms with van der Waals surface area (Å²) in [7, 11) is -18.6. The molecule has 8 heteroatoms. The molecule has 6 fully saturated rings. The Morgan fingerprint density at radius 1 is 0.141 bits per heavy atom. The lowest BCUT2D eigenvalue weighted by Crippen LogP contribution is -3.29.